The van der Waals surface area contributed by atoms with Crippen molar-refractivity contribution in [1.29, 1.82) is 0 Å². The van der Waals surface area contributed by atoms with E-state index in [4.69, 9.17) is 4.74 Å². The van der Waals surface area contributed by atoms with Crippen LogP contribution >= 0.6 is 0 Å². The topological polar surface area (TPSA) is 109 Å². The lowest BCUT2D eigenvalue weighted by Crippen LogP contribution is -2.43. The molecule has 0 unspecified atom stereocenters. The molecule has 0 saturated carbocycles. The van der Waals surface area contributed by atoms with Crippen LogP contribution in [0.2, 0.25) is 0 Å². The number of piperazine rings is 1. The molecule has 6 rings (SSSR count). The molecule has 0 atom stereocenters. The molecule has 1 amide bonds. The first kappa shape index (κ1) is 28.3. The molecular weight excluding hydrogens is 542 g/mol. The number of fused-ring (bicyclic) bond motifs is 1. The van der Waals surface area contributed by atoms with Gasteiger partial charge in [0.2, 0.25) is 0 Å². The zero-order valence-corrected chi connectivity index (χ0v) is 24.8. The maximum atomic E-state index is 13.4. The molecule has 220 valence electrons. The van der Waals surface area contributed by atoms with Gasteiger partial charge in [0.05, 0.1) is 6.33 Å². The van der Waals surface area contributed by atoms with E-state index in [2.05, 4.69) is 50.1 Å². The second kappa shape index (κ2) is 11.8. The van der Waals surface area contributed by atoms with Gasteiger partial charge in [-0.3, -0.25) is 9.69 Å². The maximum absolute atomic E-state index is 13.4. The normalized spacial score (nSPS) is 14.2. The monoisotopic (exact) mass is 577 g/mol. The fourth-order valence-electron chi connectivity index (χ4n) is 5.21. The van der Waals surface area contributed by atoms with Gasteiger partial charge in [-0.1, -0.05) is 12.1 Å². The Bertz CT molecular complexity index is 1790. The van der Waals surface area contributed by atoms with Gasteiger partial charge in [0.25, 0.3) is 11.8 Å². The van der Waals surface area contributed by atoms with E-state index < -0.39 is 0 Å². The molecule has 1 saturated heterocycles. The predicted molar refractivity (Wildman–Crippen MR) is 167 cm³/mol. The Labute approximate surface area is 250 Å². The summed E-state index contributed by atoms with van der Waals surface area (Å²) in [5.74, 6) is 1.10. The van der Waals surface area contributed by atoms with Crippen molar-refractivity contribution in [2.24, 2.45) is 7.05 Å². The molecule has 5 aromatic rings. The van der Waals surface area contributed by atoms with E-state index in [1.807, 2.05) is 32.2 Å². The van der Waals surface area contributed by atoms with Crippen molar-refractivity contribution in [1.82, 2.24) is 29.3 Å². The number of nitrogens with zero attached hydrogens (tertiary/aromatic N) is 6. The second-order valence-corrected chi connectivity index (χ2v) is 11.2. The molecular formula is C33H35N7O3. The van der Waals surface area contributed by atoms with Crippen LogP contribution in [-0.4, -0.2) is 73.6 Å². The van der Waals surface area contributed by atoms with Gasteiger partial charge in [-0.25, -0.2) is 9.97 Å². The third-order valence-electron chi connectivity index (χ3n) is 7.91. The van der Waals surface area contributed by atoms with Gasteiger partial charge in [-0.05, 0) is 86.1 Å². The van der Waals surface area contributed by atoms with Crippen LogP contribution < -0.4 is 10.1 Å². The Kier molecular flexibility index (Phi) is 7.79. The number of rotatable bonds is 7. The van der Waals surface area contributed by atoms with E-state index in [0.717, 1.165) is 55.1 Å². The van der Waals surface area contributed by atoms with Gasteiger partial charge < -0.3 is 24.6 Å². The zero-order chi connectivity index (χ0) is 30.1. The predicted octanol–water partition coefficient (Wildman–Crippen LogP) is 5.14. The lowest BCUT2D eigenvalue weighted by molar-refractivity contribution is 0.102. The summed E-state index contributed by atoms with van der Waals surface area (Å²) in [5, 5.41) is 12.8. The molecule has 10 heteroatoms. The number of carbonyl (C=O) groups excluding carboxylic acids is 1. The lowest BCUT2D eigenvalue weighted by atomic mass is 10.1. The van der Waals surface area contributed by atoms with Gasteiger partial charge >= 0.3 is 0 Å². The van der Waals surface area contributed by atoms with Crippen LogP contribution in [0.5, 0.6) is 17.4 Å². The number of amides is 1. The molecule has 1 aliphatic heterocycles. The molecule has 3 heterocycles. The lowest BCUT2D eigenvalue weighted by Gasteiger charge is -2.32. The Morgan fingerprint density at radius 3 is 2.44 bits per heavy atom. The molecule has 0 spiro atoms. The summed E-state index contributed by atoms with van der Waals surface area (Å²) in [6, 6.07) is 18.1. The van der Waals surface area contributed by atoms with Crippen LogP contribution in [-0.2, 0) is 13.6 Å². The average molecular weight is 578 g/mol. The van der Waals surface area contributed by atoms with Gasteiger partial charge in [0.1, 0.15) is 11.5 Å². The summed E-state index contributed by atoms with van der Waals surface area (Å²) in [5.41, 5.74) is 6.32. The van der Waals surface area contributed by atoms with Crippen LogP contribution in [0.15, 0.2) is 67.0 Å². The van der Waals surface area contributed by atoms with Gasteiger partial charge in [-0.15, -0.1) is 0 Å². The average Bonchev–Trinajstić information content (AvgIpc) is 3.37. The summed E-state index contributed by atoms with van der Waals surface area (Å²) in [4.78, 5) is 32.0. The summed E-state index contributed by atoms with van der Waals surface area (Å²) >= 11 is 0. The van der Waals surface area contributed by atoms with Crippen LogP contribution in [0.1, 0.15) is 27.0 Å². The maximum Gasteiger partial charge on any atom is 0.256 e. The fourth-order valence-corrected chi connectivity index (χ4v) is 5.21. The number of imidazole rings is 1. The van der Waals surface area contributed by atoms with Crippen molar-refractivity contribution in [2.75, 3.05) is 38.5 Å². The molecule has 0 bridgehead atoms. The Morgan fingerprint density at radius 2 is 1.70 bits per heavy atom. The van der Waals surface area contributed by atoms with Crippen LogP contribution in [0, 0.1) is 13.8 Å². The van der Waals surface area contributed by atoms with E-state index in [0.29, 0.717) is 28.3 Å². The minimum absolute atomic E-state index is 0.157. The van der Waals surface area contributed by atoms with Crippen molar-refractivity contribution in [3.63, 3.8) is 0 Å². The molecule has 10 nitrogen and oxygen atoms in total. The number of nitrogens with one attached hydrogen (secondary N) is 1. The first-order valence-electron chi connectivity index (χ1n) is 14.3. The Morgan fingerprint density at radius 1 is 0.930 bits per heavy atom. The van der Waals surface area contributed by atoms with Crippen molar-refractivity contribution in [3.8, 4) is 28.8 Å². The largest absolute Gasteiger partial charge is 0.508 e. The number of phenolic OH excluding ortho intramolecular Hbond substituents is 1. The summed E-state index contributed by atoms with van der Waals surface area (Å²) < 4.78 is 8.03. The minimum Gasteiger partial charge on any atom is -0.508 e. The summed E-state index contributed by atoms with van der Waals surface area (Å²) in [7, 11) is 4.01. The molecule has 1 aliphatic rings. The molecule has 2 aromatic heterocycles. The van der Waals surface area contributed by atoms with E-state index in [1.165, 1.54) is 5.56 Å². The number of anilines is 1. The number of benzene rings is 3. The van der Waals surface area contributed by atoms with E-state index >= 15 is 0 Å². The second-order valence-electron chi connectivity index (χ2n) is 11.2. The molecule has 3 aromatic carbocycles. The smallest absolute Gasteiger partial charge is 0.256 e. The third-order valence-corrected chi connectivity index (χ3v) is 7.91. The number of aromatic nitrogens is 4. The molecule has 0 aliphatic carbocycles. The highest BCUT2D eigenvalue weighted by molar-refractivity contribution is 6.05. The number of aryl methyl sites for hydroxylation is 3. The van der Waals surface area contributed by atoms with Crippen molar-refractivity contribution < 1.29 is 14.6 Å². The van der Waals surface area contributed by atoms with Crippen molar-refractivity contribution in [2.45, 2.75) is 20.4 Å². The van der Waals surface area contributed by atoms with Gasteiger partial charge in [0, 0.05) is 56.6 Å². The number of ether oxygens (including phenoxy) is 1. The number of aromatic hydroxyl groups is 1. The molecule has 1 fully saturated rings. The minimum atomic E-state index is -0.218. The van der Waals surface area contributed by atoms with E-state index in [1.54, 1.807) is 47.3 Å². The van der Waals surface area contributed by atoms with Crippen molar-refractivity contribution >= 4 is 22.8 Å². The number of likely N-dealkylation sites (N-methyl/N-ethyl adjacent to an activating group) is 1. The Hall–Kier alpha value is -4.80. The first-order chi connectivity index (χ1) is 20.7. The molecule has 43 heavy (non-hydrogen) atoms. The standard InChI is InChI=1S/C33H35N7O3/c1-21-5-12-27(43-33-29-31(39(4)20-34-29)36-30(37-33)23-7-10-26(41)11-8-23)18-28(21)32(42)35-25-9-6-24(22(2)17-25)19-40-15-13-38(3)14-16-40/h5-12,17-18,20,41H,13-16,19H2,1-4H3,(H,35,42). The number of hydrogen-bond acceptors (Lipinski definition) is 8. The SMILES string of the molecule is Cc1cc(NC(=O)c2cc(Oc3nc(-c4ccc(O)cc4)nc4c3ncn4C)ccc2C)ccc1CN1CCN(C)CC1. The highest BCUT2D eigenvalue weighted by atomic mass is 16.5. The highest BCUT2D eigenvalue weighted by Crippen LogP contribution is 2.31. The van der Waals surface area contributed by atoms with Crippen LogP contribution in [0.3, 0.4) is 0 Å². The van der Waals surface area contributed by atoms with E-state index in [-0.39, 0.29) is 17.5 Å². The quantitative estimate of drug-likeness (QED) is 0.274. The number of hydrogen-bond donors (Lipinski definition) is 2. The van der Waals surface area contributed by atoms with Crippen LogP contribution in [0.4, 0.5) is 5.69 Å². The molecule has 2 N–H and O–H groups in total. The van der Waals surface area contributed by atoms with E-state index in [9.17, 15) is 9.90 Å². The number of phenols is 1. The highest BCUT2D eigenvalue weighted by Gasteiger charge is 2.18. The Balaban J connectivity index is 1.22. The number of carbonyl (C=O) groups is 1. The zero-order valence-electron chi connectivity index (χ0n) is 24.8. The third kappa shape index (κ3) is 6.20. The summed E-state index contributed by atoms with van der Waals surface area (Å²) in [6.45, 7) is 9.18. The first-order valence-corrected chi connectivity index (χ1v) is 14.3. The van der Waals surface area contributed by atoms with Gasteiger partial charge in [0.15, 0.2) is 17.0 Å². The van der Waals surface area contributed by atoms with Crippen LogP contribution in [0.25, 0.3) is 22.6 Å². The fraction of sp³-hybridized carbons (Fsp3) is 0.273. The molecule has 0 radical (unpaired) electrons. The van der Waals surface area contributed by atoms with Crippen molar-refractivity contribution in [3.05, 3.63) is 89.2 Å². The van der Waals surface area contributed by atoms with Gasteiger partial charge in [-0.2, -0.15) is 4.98 Å². The summed E-state index contributed by atoms with van der Waals surface area (Å²) in [6.07, 6.45) is 1.65.